The van der Waals surface area contributed by atoms with Gasteiger partial charge in [-0.25, -0.2) is 8.42 Å². The lowest BCUT2D eigenvalue weighted by molar-refractivity contribution is 0.590. The Labute approximate surface area is 129 Å². The monoisotopic (exact) mass is 312 g/mol. The Bertz CT molecular complexity index is 484. The van der Waals surface area contributed by atoms with Crippen LogP contribution in [0.3, 0.4) is 0 Å². The van der Waals surface area contributed by atoms with Gasteiger partial charge in [0.15, 0.2) is 0 Å². The molecule has 0 heterocycles. The number of hydrogen-bond donors (Lipinski definition) is 2. The quantitative estimate of drug-likeness (QED) is 0.617. The van der Waals surface area contributed by atoms with Crippen LogP contribution in [0.1, 0.15) is 45.1 Å². The third-order valence-electron chi connectivity index (χ3n) is 3.21. The van der Waals surface area contributed by atoms with Crippen LogP contribution in [0.4, 0.5) is 5.69 Å². The van der Waals surface area contributed by atoms with E-state index in [1.165, 1.54) is 5.56 Å². The molecule has 0 aliphatic heterocycles. The maximum Gasteiger partial charge on any atom is 0.232 e. The fourth-order valence-electron chi connectivity index (χ4n) is 2.10. The minimum Gasteiger partial charge on any atom is -0.317 e. The van der Waals surface area contributed by atoms with Crippen molar-refractivity contribution in [3.63, 3.8) is 0 Å². The summed E-state index contributed by atoms with van der Waals surface area (Å²) in [7, 11) is -3.23. The molecular weight excluding hydrogens is 284 g/mol. The first kappa shape index (κ1) is 18.0. The van der Waals surface area contributed by atoms with Gasteiger partial charge in [0, 0.05) is 5.69 Å². The van der Waals surface area contributed by atoms with Crippen molar-refractivity contribution in [3.05, 3.63) is 29.8 Å². The Kier molecular flexibility index (Phi) is 8.38. The topological polar surface area (TPSA) is 58.2 Å². The van der Waals surface area contributed by atoms with Crippen molar-refractivity contribution in [3.8, 4) is 0 Å². The predicted molar refractivity (Wildman–Crippen MR) is 90.2 cm³/mol. The maximum atomic E-state index is 12.0. The van der Waals surface area contributed by atoms with Gasteiger partial charge in [-0.05, 0) is 56.5 Å². The summed E-state index contributed by atoms with van der Waals surface area (Å²) in [6, 6.07) is 7.64. The fraction of sp³-hybridized carbons (Fsp3) is 0.625. The van der Waals surface area contributed by atoms with E-state index in [9.17, 15) is 8.42 Å². The van der Waals surface area contributed by atoms with Gasteiger partial charge in [0.1, 0.15) is 0 Å². The molecule has 2 N–H and O–H groups in total. The molecule has 5 heteroatoms. The van der Waals surface area contributed by atoms with Crippen molar-refractivity contribution in [1.29, 1.82) is 0 Å². The normalized spacial score (nSPS) is 11.5. The molecule has 0 aliphatic rings. The van der Waals surface area contributed by atoms with Gasteiger partial charge >= 0.3 is 0 Å². The van der Waals surface area contributed by atoms with E-state index in [0.29, 0.717) is 12.1 Å². The van der Waals surface area contributed by atoms with Crippen LogP contribution in [0.25, 0.3) is 0 Å². The summed E-state index contributed by atoms with van der Waals surface area (Å²) in [4.78, 5) is 0. The first-order valence-electron chi connectivity index (χ1n) is 7.87. The number of anilines is 1. The van der Waals surface area contributed by atoms with Crippen molar-refractivity contribution in [2.75, 3.05) is 23.6 Å². The Morgan fingerprint density at radius 1 is 0.952 bits per heavy atom. The summed E-state index contributed by atoms with van der Waals surface area (Å²) in [5.74, 6) is 0.178. The molecule has 4 nitrogen and oxygen atoms in total. The average molecular weight is 312 g/mol. The smallest absolute Gasteiger partial charge is 0.232 e. The summed E-state index contributed by atoms with van der Waals surface area (Å²) < 4.78 is 26.6. The molecule has 0 unspecified atom stereocenters. The first-order chi connectivity index (χ1) is 10.1. The van der Waals surface area contributed by atoms with Gasteiger partial charge in [-0.2, -0.15) is 0 Å². The van der Waals surface area contributed by atoms with E-state index in [2.05, 4.69) is 23.9 Å². The molecule has 1 aromatic rings. The molecule has 0 saturated heterocycles. The largest absolute Gasteiger partial charge is 0.317 e. The molecule has 0 amide bonds. The number of unbranched alkanes of at least 4 members (excludes halogenated alkanes) is 1. The van der Waals surface area contributed by atoms with Crippen LogP contribution >= 0.6 is 0 Å². The second kappa shape index (κ2) is 9.79. The van der Waals surface area contributed by atoms with Crippen LogP contribution in [0.5, 0.6) is 0 Å². The van der Waals surface area contributed by atoms with Crippen molar-refractivity contribution < 1.29 is 8.42 Å². The number of rotatable bonds is 11. The minimum absolute atomic E-state index is 0.178. The fourth-order valence-corrected chi connectivity index (χ4v) is 3.28. The van der Waals surface area contributed by atoms with Gasteiger partial charge in [-0.1, -0.05) is 32.4 Å². The highest BCUT2D eigenvalue weighted by molar-refractivity contribution is 7.92. The van der Waals surface area contributed by atoms with Crippen LogP contribution in [0.2, 0.25) is 0 Å². The van der Waals surface area contributed by atoms with Crippen molar-refractivity contribution in [2.45, 2.75) is 46.0 Å². The number of hydrogen-bond acceptors (Lipinski definition) is 3. The summed E-state index contributed by atoms with van der Waals surface area (Å²) >= 11 is 0. The van der Waals surface area contributed by atoms with E-state index in [-0.39, 0.29) is 5.75 Å². The molecule has 1 aromatic carbocycles. The molecule has 1 rings (SSSR count). The molecule has 0 bridgehead atoms. The lowest BCUT2D eigenvalue weighted by Gasteiger charge is -2.09. The van der Waals surface area contributed by atoms with Gasteiger partial charge in [0.2, 0.25) is 10.0 Å². The van der Waals surface area contributed by atoms with Crippen LogP contribution < -0.4 is 10.0 Å². The third kappa shape index (κ3) is 8.07. The van der Waals surface area contributed by atoms with Crippen LogP contribution in [-0.2, 0) is 16.4 Å². The maximum absolute atomic E-state index is 12.0. The van der Waals surface area contributed by atoms with Crippen molar-refractivity contribution in [2.24, 2.45) is 0 Å². The van der Waals surface area contributed by atoms with Crippen LogP contribution in [0, 0.1) is 0 Å². The van der Waals surface area contributed by atoms with Crippen LogP contribution in [-0.4, -0.2) is 27.3 Å². The molecule has 0 atom stereocenters. The summed E-state index contributed by atoms with van der Waals surface area (Å²) in [5.41, 5.74) is 1.89. The van der Waals surface area contributed by atoms with Gasteiger partial charge in [0.05, 0.1) is 5.75 Å². The molecule has 0 saturated carbocycles. The summed E-state index contributed by atoms with van der Waals surface area (Å²) in [6.45, 7) is 6.13. The highest BCUT2D eigenvalue weighted by Gasteiger charge is 2.09. The average Bonchev–Trinajstić information content (AvgIpc) is 2.45. The van der Waals surface area contributed by atoms with E-state index in [4.69, 9.17) is 0 Å². The molecular formula is C16H28N2O2S. The zero-order valence-corrected chi connectivity index (χ0v) is 14.0. The second-order valence-electron chi connectivity index (χ2n) is 5.32. The van der Waals surface area contributed by atoms with E-state index >= 15 is 0 Å². The predicted octanol–water partition coefficient (Wildman–Crippen LogP) is 3.16. The SMILES string of the molecule is CCCNCCCCS(=O)(=O)Nc1ccc(CCC)cc1. The summed E-state index contributed by atoms with van der Waals surface area (Å²) in [5, 5.41) is 3.27. The minimum atomic E-state index is -3.23. The highest BCUT2D eigenvalue weighted by atomic mass is 32.2. The number of aryl methyl sites for hydroxylation is 1. The highest BCUT2D eigenvalue weighted by Crippen LogP contribution is 2.13. The number of sulfonamides is 1. The van der Waals surface area contributed by atoms with Gasteiger partial charge in [-0.15, -0.1) is 0 Å². The molecule has 0 aromatic heterocycles. The lowest BCUT2D eigenvalue weighted by Crippen LogP contribution is -2.19. The Morgan fingerprint density at radius 3 is 2.29 bits per heavy atom. The van der Waals surface area contributed by atoms with Crippen molar-refractivity contribution in [1.82, 2.24) is 5.32 Å². The standard InChI is InChI=1S/C16H28N2O2S/c1-3-7-15-8-10-16(11-9-15)18-21(19,20)14-6-5-13-17-12-4-2/h8-11,17-18H,3-7,12-14H2,1-2H3. The molecule has 0 radical (unpaired) electrons. The first-order valence-corrected chi connectivity index (χ1v) is 9.52. The third-order valence-corrected chi connectivity index (χ3v) is 4.58. The van der Waals surface area contributed by atoms with E-state index < -0.39 is 10.0 Å². The zero-order chi connectivity index (χ0) is 15.6. The molecule has 21 heavy (non-hydrogen) atoms. The van der Waals surface area contributed by atoms with Gasteiger partial charge in [0.25, 0.3) is 0 Å². The van der Waals surface area contributed by atoms with Crippen LogP contribution in [0.15, 0.2) is 24.3 Å². The Morgan fingerprint density at radius 2 is 1.67 bits per heavy atom. The molecule has 0 spiro atoms. The molecule has 0 fully saturated rings. The Balaban J connectivity index is 2.34. The lowest BCUT2D eigenvalue weighted by atomic mass is 10.1. The van der Waals surface area contributed by atoms with E-state index in [1.807, 2.05) is 24.3 Å². The second-order valence-corrected chi connectivity index (χ2v) is 7.17. The van der Waals surface area contributed by atoms with Crippen molar-refractivity contribution >= 4 is 15.7 Å². The van der Waals surface area contributed by atoms with E-state index in [0.717, 1.165) is 38.8 Å². The Hall–Kier alpha value is -1.07. The molecule has 120 valence electrons. The number of benzene rings is 1. The van der Waals surface area contributed by atoms with Gasteiger partial charge in [-0.3, -0.25) is 4.72 Å². The molecule has 0 aliphatic carbocycles. The number of nitrogens with one attached hydrogen (secondary N) is 2. The summed E-state index contributed by atoms with van der Waals surface area (Å²) in [6.07, 6.45) is 4.79. The zero-order valence-electron chi connectivity index (χ0n) is 13.2. The van der Waals surface area contributed by atoms with Gasteiger partial charge < -0.3 is 5.32 Å². The van der Waals surface area contributed by atoms with E-state index in [1.54, 1.807) is 0 Å².